The Balaban J connectivity index is 1.64. The Labute approximate surface area is 147 Å². The predicted molar refractivity (Wildman–Crippen MR) is 93.9 cm³/mol. The quantitative estimate of drug-likeness (QED) is 0.739. The van der Waals surface area contributed by atoms with Gasteiger partial charge in [-0.05, 0) is 44.2 Å². The van der Waals surface area contributed by atoms with Crippen molar-refractivity contribution in [3.05, 3.63) is 35.2 Å². The number of Topliss-reactive ketones (excluding diaryl/α,β-unsaturated/α-hetero) is 1. The van der Waals surface area contributed by atoms with Crippen molar-refractivity contribution in [1.82, 2.24) is 10.1 Å². The largest absolute Gasteiger partial charge is 0.339 e. The van der Waals surface area contributed by atoms with Crippen molar-refractivity contribution in [2.24, 2.45) is 11.8 Å². The van der Waals surface area contributed by atoms with Gasteiger partial charge in [0.05, 0.1) is 0 Å². The summed E-state index contributed by atoms with van der Waals surface area (Å²) >= 11 is 6.02. The Morgan fingerprint density at radius 2 is 2.08 bits per heavy atom. The fourth-order valence-electron chi connectivity index (χ4n) is 3.37. The van der Waals surface area contributed by atoms with Gasteiger partial charge in [-0.15, -0.1) is 0 Å². The van der Waals surface area contributed by atoms with E-state index in [1.54, 1.807) is 0 Å². The molecule has 1 fully saturated rings. The summed E-state index contributed by atoms with van der Waals surface area (Å²) in [6.07, 6.45) is 4.63. The molecule has 0 spiro atoms. The lowest BCUT2D eigenvalue weighted by molar-refractivity contribution is -0.127. The van der Waals surface area contributed by atoms with Crippen LogP contribution in [-0.4, -0.2) is 15.9 Å². The number of rotatable bonds is 5. The van der Waals surface area contributed by atoms with Crippen molar-refractivity contribution in [3.8, 4) is 11.4 Å². The van der Waals surface area contributed by atoms with Crippen LogP contribution in [0.25, 0.3) is 11.4 Å². The monoisotopic (exact) mass is 346 g/mol. The Morgan fingerprint density at radius 1 is 1.33 bits per heavy atom. The summed E-state index contributed by atoms with van der Waals surface area (Å²) in [6, 6.07) is 7.45. The highest BCUT2D eigenvalue weighted by atomic mass is 35.5. The van der Waals surface area contributed by atoms with Crippen molar-refractivity contribution in [2.45, 2.75) is 51.9 Å². The molecule has 3 rings (SSSR count). The summed E-state index contributed by atoms with van der Waals surface area (Å²) in [4.78, 5) is 16.9. The summed E-state index contributed by atoms with van der Waals surface area (Å²) in [7, 11) is 0. The number of nitrogens with zero attached hydrogens (tertiary/aromatic N) is 2. The maximum atomic E-state index is 12.3. The van der Waals surface area contributed by atoms with Gasteiger partial charge in [0.1, 0.15) is 5.78 Å². The molecule has 1 saturated carbocycles. The molecule has 5 heteroatoms. The Morgan fingerprint density at radius 3 is 2.75 bits per heavy atom. The molecule has 24 heavy (non-hydrogen) atoms. The Hall–Kier alpha value is -1.68. The second kappa shape index (κ2) is 7.47. The van der Waals surface area contributed by atoms with E-state index in [0.717, 1.165) is 37.7 Å². The summed E-state index contributed by atoms with van der Waals surface area (Å²) in [5.74, 6) is 2.30. The van der Waals surface area contributed by atoms with Crippen LogP contribution in [0.5, 0.6) is 0 Å². The number of hydrogen-bond acceptors (Lipinski definition) is 4. The van der Waals surface area contributed by atoms with Gasteiger partial charge in [-0.2, -0.15) is 4.98 Å². The molecule has 1 atom stereocenters. The number of ketones is 1. The minimum atomic E-state index is 0.171. The molecule has 1 aliphatic carbocycles. The van der Waals surface area contributed by atoms with Gasteiger partial charge in [0, 0.05) is 28.3 Å². The molecule has 0 bridgehead atoms. The normalized spacial score (nSPS) is 22.3. The van der Waals surface area contributed by atoms with Crippen LogP contribution in [0.1, 0.15) is 57.8 Å². The number of benzene rings is 1. The van der Waals surface area contributed by atoms with E-state index in [1.807, 2.05) is 31.2 Å². The molecule has 0 amide bonds. The van der Waals surface area contributed by atoms with Crippen LogP contribution >= 0.6 is 11.6 Å². The van der Waals surface area contributed by atoms with Gasteiger partial charge in [0.15, 0.2) is 0 Å². The molecule has 0 N–H and O–H groups in total. The molecule has 0 radical (unpaired) electrons. The minimum absolute atomic E-state index is 0.171. The second-order valence-electron chi connectivity index (χ2n) is 6.73. The molecule has 1 heterocycles. The van der Waals surface area contributed by atoms with E-state index in [-0.39, 0.29) is 17.8 Å². The summed E-state index contributed by atoms with van der Waals surface area (Å²) in [6.45, 7) is 4.10. The molecule has 1 aromatic heterocycles. The van der Waals surface area contributed by atoms with Gasteiger partial charge < -0.3 is 4.52 Å². The SMILES string of the molecule is CCC(C)C(=O)C1CCC(c2nc(-c3cccc(Cl)c3)no2)CC1. The number of hydrogen-bond donors (Lipinski definition) is 0. The standard InChI is InChI=1S/C19H23ClN2O2/c1-3-12(2)17(23)13-7-9-14(10-8-13)19-21-18(22-24-19)15-5-4-6-16(20)11-15/h4-6,11-14H,3,7-10H2,1-2H3. The topological polar surface area (TPSA) is 56.0 Å². The lowest BCUT2D eigenvalue weighted by Crippen LogP contribution is -2.25. The molecule has 2 aromatic rings. The third-order valence-electron chi connectivity index (χ3n) is 5.10. The van der Waals surface area contributed by atoms with E-state index in [9.17, 15) is 4.79 Å². The number of carbonyl (C=O) groups is 1. The van der Waals surface area contributed by atoms with Crippen LogP contribution in [-0.2, 0) is 4.79 Å². The van der Waals surface area contributed by atoms with Crippen molar-refractivity contribution < 1.29 is 9.32 Å². The van der Waals surface area contributed by atoms with Gasteiger partial charge in [-0.3, -0.25) is 4.79 Å². The zero-order chi connectivity index (χ0) is 17.1. The average Bonchev–Trinajstić information content (AvgIpc) is 3.10. The van der Waals surface area contributed by atoms with Gasteiger partial charge in [0.25, 0.3) is 0 Å². The Kier molecular flexibility index (Phi) is 5.34. The lowest BCUT2D eigenvalue weighted by atomic mass is 9.77. The molecule has 128 valence electrons. The predicted octanol–water partition coefficient (Wildman–Crippen LogP) is 5.28. The average molecular weight is 347 g/mol. The van der Waals surface area contributed by atoms with Gasteiger partial charge >= 0.3 is 0 Å². The third-order valence-corrected chi connectivity index (χ3v) is 5.34. The van der Waals surface area contributed by atoms with Crippen LogP contribution < -0.4 is 0 Å². The highest BCUT2D eigenvalue weighted by Gasteiger charge is 2.31. The number of carbonyl (C=O) groups excluding carboxylic acids is 1. The van der Waals surface area contributed by atoms with Crippen molar-refractivity contribution in [3.63, 3.8) is 0 Å². The first-order chi connectivity index (χ1) is 11.6. The molecule has 1 unspecified atom stereocenters. The van der Waals surface area contributed by atoms with E-state index in [0.29, 0.717) is 22.5 Å². The lowest BCUT2D eigenvalue weighted by Gasteiger charge is -2.27. The second-order valence-corrected chi connectivity index (χ2v) is 7.16. The van der Waals surface area contributed by atoms with Crippen LogP contribution in [0.4, 0.5) is 0 Å². The molecule has 1 aromatic carbocycles. The summed E-state index contributed by atoms with van der Waals surface area (Å²) < 4.78 is 5.47. The van der Waals surface area contributed by atoms with Gasteiger partial charge in [-0.25, -0.2) is 0 Å². The van der Waals surface area contributed by atoms with Crippen molar-refractivity contribution >= 4 is 17.4 Å². The third kappa shape index (κ3) is 3.69. The Bertz CT molecular complexity index is 705. The molecule has 0 saturated heterocycles. The first-order valence-electron chi connectivity index (χ1n) is 8.71. The smallest absolute Gasteiger partial charge is 0.230 e. The van der Waals surface area contributed by atoms with Crippen LogP contribution in [0, 0.1) is 11.8 Å². The van der Waals surface area contributed by atoms with Gasteiger partial charge in [0.2, 0.25) is 11.7 Å². The molecule has 1 aliphatic rings. The fourth-order valence-corrected chi connectivity index (χ4v) is 3.56. The van der Waals surface area contributed by atoms with Crippen molar-refractivity contribution in [1.29, 1.82) is 0 Å². The van der Waals surface area contributed by atoms with E-state index in [2.05, 4.69) is 17.1 Å². The molecular formula is C19H23ClN2O2. The van der Waals surface area contributed by atoms with E-state index >= 15 is 0 Å². The first-order valence-corrected chi connectivity index (χ1v) is 9.09. The zero-order valence-corrected chi connectivity index (χ0v) is 14.9. The minimum Gasteiger partial charge on any atom is -0.339 e. The zero-order valence-electron chi connectivity index (χ0n) is 14.2. The highest BCUT2D eigenvalue weighted by Crippen LogP contribution is 2.37. The maximum absolute atomic E-state index is 12.3. The first kappa shape index (κ1) is 17.2. The van der Waals surface area contributed by atoms with E-state index in [1.165, 1.54) is 0 Å². The molecule has 4 nitrogen and oxygen atoms in total. The van der Waals surface area contributed by atoms with E-state index in [4.69, 9.17) is 16.1 Å². The van der Waals surface area contributed by atoms with Gasteiger partial charge in [-0.1, -0.05) is 42.7 Å². The van der Waals surface area contributed by atoms with Crippen LogP contribution in [0.2, 0.25) is 5.02 Å². The number of aromatic nitrogens is 2. The highest BCUT2D eigenvalue weighted by molar-refractivity contribution is 6.30. The fraction of sp³-hybridized carbons (Fsp3) is 0.526. The number of halogens is 1. The van der Waals surface area contributed by atoms with E-state index < -0.39 is 0 Å². The maximum Gasteiger partial charge on any atom is 0.230 e. The van der Waals surface area contributed by atoms with Crippen LogP contribution in [0.15, 0.2) is 28.8 Å². The molecule has 0 aliphatic heterocycles. The van der Waals surface area contributed by atoms with Crippen LogP contribution in [0.3, 0.4) is 0 Å². The summed E-state index contributed by atoms with van der Waals surface area (Å²) in [5.41, 5.74) is 0.859. The molecular weight excluding hydrogens is 324 g/mol. The summed E-state index contributed by atoms with van der Waals surface area (Å²) in [5, 5.41) is 4.74. The van der Waals surface area contributed by atoms with Crippen molar-refractivity contribution in [2.75, 3.05) is 0 Å².